The molecule has 0 bridgehead atoms. The summed E-state index contributed by atoms with van der Waals surface area (Å²) in [7, 11) is 0. The summed E-state index contributed by atoms with van der Waals surface area (Å²) in [5.74, 6) is 0. The Morgan fingerprint density at radius 1 is 0.367 bits per heavy atom. The van der Waals surface area contributed by atoms with E-state index in [0.717, 1.165) is 21.9 Å². The maximum atomic E-state index is 6.56. The molecule has 0 heterocycles. The number of nitrogens with two attached hydrogens (primary N) is 4. The molecule has 0 atom stereocenters. The minimum atomic E-state index is -1.82. The van der Waals surface area contributed by atoms with E-state index < -0.39 is 6.15 Å². The largest absolute Gasteiger partial charge is 1.00 e. The molecule has 4 nitrogen and oxygen atoms in total. The second-order valence-electron chi connectivity index (χ2n) is 7.38. The van der Waals surface area contributed by atoms with E-state index in [2.05, 4.69) is 0 Å². The standard InChI is InChI=1S/C24H24BN4.Na/c26-21-13-5-1-9-17(21)25(18-10-2-6-14-22(18)27,19-11-3-7-15-23(19)28)20-12-4-8-16-24(20)29;/h1-16H,26-29H2;/q-1;+1. The van der Waals surface area contributed by atoms with Crippen LogP contribution in [0.5, 0.6) is 0 Å². The fraction of sp³-hybridized carbons (Fsp3) is 0. The van der Waals surface area contributed by atoms with Gasteiger partial charge in [0.15, 0.2) is 0 Å². The molecule has 0 spiro atoms. The number of nitrogen functional groups attached to an aromatic ring is 4. The number of hydrogen-bond donors (Lipinski definition) is 4. The zero-order chi connectivity index (χ0) is 20.4. The van der Waals surface area contributed by atoms with Gasteiger partial charge >= 0.3 is 29.6 Å². The van der Waals surface area contributed by atoms with Crippen LogP contribution in [0.2, 0.25) is 0 Å². The van der Waals surface area contributed by atoms with Crippen LogP contribution in [0.3, 0.4) is 0 Å². The topological polar surface area (TPSA) is 104 Å². The molecule has 4 rings (SSSR count). The van der Waals surface area contributed by atoms with Crippen LogP contribution in [0, 0.1) is 0 Å². The monoisotopic (exact) mass is 402 g/mol. The molecule has 0 aliphatic carbocycles. The van der Waals surface area contributed by atoms with Crippen molar-refractivity contribution >= 4 is 50.7 Å². The van der Waals surface area contributed by atoms with E-state index in [0.29, 0.717) is 22.7 Å². The Bertz CT molecular complexity index is 991. The van der Waals surface area contributed by atoms with Crippen molar-refractivity contribution in [2.75, 3.05) is 22.9 Å². The van der Waals surface area contributed by atoms with Gasteiger partial charge in [-0.15, -0.1) is 0 Å². The molecule has 0 unspecified atom stereocenters. The Morgan fingerprint density at radius 3 is 0.767 bits per heavy atom. The molecule has 0 aliphatic rings. The number of para-hydroxylation sites is 4. The first kappa shape index (κ1) is 21.8. The molecule has 6 heteroatoms. The van der Waals surface area contributed by atoms with Gasteiger partial charge in [-0.2, -0.15) is 21.9 Å². The van der Waals surface area contributed by atoms with Crippen molar-refractivity contribution in [3.8, 4) is 0 Å². The molecule has 0 aliphatic heterocycles. The molecule has 0 amide bonds. The summed E-state index contributed by atoms with van der Waals surface area (Å²) < 4.78 is 0. The quantitative estimate of drug-likeness (QED) is 0.244. The molecule has 30 heavy (non-hydrogen) atoms. The van der Waals surface area contributed by atoms with Gasteiger partial charge in [0.05, 0.1) is 0 Å². The molecule has 0 saturated carbocycles. The Kier molecular flexibility index (Phi) is 6.47. The van der Waals surface area contributed by atoms with Crippen LogP contribution in [0.1, 0.15) is 0 Å². The normalized spacial score (nSPS) is 10.9. The number of hydrogen-bond acceptors (Lipinski definition) is 4. The fourth-order valence-corrected chi connectivity index (χ4v) is 4.63. The van der Waals surface area contributed by atoms with Gasteiger partial charge in [-0.3, -0.25) is 0 Å². The molecule has 4 aromatic carbocycles. The first-order valence-electron chi connectivity index (χ1n) is 9.62. The van der Waals surface area contributed by atoms with Crippen LogP contribution >= 0.6 is 0 Å². The minimum Gasteiger partial charge on any atom is -0.401 e. The summed E-state index contributed by atoms with van der Waals surface area (Å²) in [5.41, 5.74) is 32.7. The molecule has 0 radical (unpaired) electrons. The van der Waals surface area contributed by atoms with E-state index in [9.17, 15) is 0 Å². The van der Waals surface area contributed by atoms with E-state index in [1.165, 1.54) is 0 Å². The van der Waals surface area contributed by atoms with Gasteiger partial charge in [0.1, 0.15) is 6.15 Å². The molecule has 0 fully saturated rings. The fourth-order valence-electron chi connectivity index (χ4n) is 4.63. The summed E-state index contributed by atoms with van der Waals surface area (Å²) in [4.78, 5) is 0. The maximum absolute atomic E-state index is 6.56. The van der Waals surface area contributed by atoms with Gasteiger partial charge in [-0.05, 0) is 47.0 Å². The van der Waals surface area contributed by atoms with E-state index in [-0.39, 0.29) is 29.6 Å². The SMILES string of the molecule is Nc1ccccc1[B-](c1ccccc1N)(c1ccccc1N)c1ccccc1N.[Na+]. The summed E-state index contributed by atoms with van der Waals surface area (Å²) in [6, 6.07) is 31.4. The van der Waals surface area contributed by atoms with Crippen molar-refractivity contribution in [2.45, 2.75) is 0 Å². The molecule has 8 N–H and O–H groups in total. The van der Waals surface area contributed by atoms with Gasteiger partial charge in [-0.1, -0.05) is 72.8 Å². The average Bonchev–Trinajstić information content (AvgIpc) is 2.73. The molecule has 0 aromatic heterocycles. The van der Waals surface area contributed by atoms with Crippen molar-refractivity contribution in [2.24, 2.45) is 0 Å². The second kappa shape index (κ2) is 8.88. The Morgan fingerprint density at radius 2 is 0.567 bits per heavy atom. The molecule has 144 valence electrons. The maximum Gasteiger partial charge on any atom is 1.00 e. The third kappa shape index (κ3) is 3.45. The zero-order valence-corrected chi connectivity index (χ0v) is 19.1. The first-order chi connectivity index (χ1) is 14.1. The summed E-state index contributed by atoms with van der Waals surface area (Å²) in [5, 5.41) is 0. The van der Waals surface area contributed by atoms with Gasteiger partial charge < -0.3 is 22.9 Å². The van der Waals surface area contributed by atoms with Crippen LogP contribution in [0.15, 0.2) is 97.1 Å². The Labute approximate surface area is 199 Å². The Hall–Kier alpha value is -2.86. The van der Waals surface area contributed by atoms with Crippen molar-refractivity contribution in [3.05, 3.63) is 97.1 Å². The van der Waals surface area contributed by atoms with Crippen LogP contribution in [0.4, 0.5) is 22.7 Å². The number of anilines is 4. The third-order valence-corrected chi connectivity index (χ3v) is 5.85. The predicted octanol–water partition coefficient (Wildman–Crippen LogP) is -1.60. The van der Waals surface area contributed by atoms with Crippen LogP contribution in [-0.2, 0) is 0 Å². The number of benzene rings is 4. The predicted molar refractivity (Wildman–Crippen MR) is 128 cm³/mol. The molecular weight excluding hydrogens is 378 g/mol. The van der Waals surface area contributed by atoms with E-state index in [4.69, 9.17) is 22.9 Å². The van der Waals surface area contributed by atoms with Crippen molar-refractivity contribution < 1.29 is 29.6 Å². The molecule has 0 saturated heterocycles. The van der Waals surface area contributed by atoms with Gasteiger partial charge in [0.25, 0.3) is 0 Å². The summed E-state index contributed by atoms with van der Waals surface area (Å²) >= 11 is 0. The average molecular weight is 402 g/mol. The zero-order valence-electron chi connectivity index (χ0n) is 17.1. The molecular formula is C24H24BN4Na. The van der Waals surface area contributed by atoms with Crippen molar-refractivity contribution in [3.63, 3.8) is 0 Å². The first-order valence-corrected chi connectivity index (χ1v) is 9.62. The summed E-state index contributed by atoms with van der Waals surface area (Å²) in [6.07, 6.45) is -1.82. The van der Waals surface area contributed by atoms with E-state index >= 15 is 0 Å². The smallest absolute Gasteiger partial charge is 0.401 e. The number of rotatable bonds is 4. The van der Waals surface area contributed by atoms with Crippen LogP contribution in [-0.4, -0.2) is 6.15 Å². The second-order valence-corrected chi connectivity index (χ2v) is 7.38. The third-order valence-electron chi connectivity index (χ3n) is 5.85. The van der Waals surface area contributed by atoms with Crippen molar-refractivity contribution in [1.29, 1.82) is 0 Å². The summed E-state index contributed by atoms with van der Waals surface area (Å²) in [6.45, 7) is 0. The van der Waals surface area contributed by atoms with Crippen LogP contribution in [0.25, 0.3) is 0 Å². The van der Waals surface area contributed by atoms with Crippen LogP contribution < -0.4 is 74.3 Å². The van der Waals surface area contributed by atoms with E-state index in [1.807, 2.05) is 97.1 Å². The van der Waals surface area contributed by atoms with Gasteiger partial charge in [0, 0.05) is 0 Å². The molecule has 4 aromatic rings. The van der Waals surface area contributed by atoms with Gasteiger partial charge in [0.2, 0.25) is 0 Å². The van der Waals surface area contributed by atoms with Crippen molar-refractivity contribution in [1.82, 2.24) is 0 Å². The van der Waals surface area contributed by atoms with E-state index in [1.54, 1.807) is 0 Å². The minimum absolute atomic E-state index is 0. The van der Waals surface area contributed by atoms with Gasteiger partial charge in [-0.25, -0.2) is 0 Å². The Balaban J connectivity index is 0.00000256.